The van der Waals surface area contributed by atoms with Crippen LogP contribution in [-0.2, 0) is 6.18 Å². The van der Waals surface area contributed by atoms with Crippen molar-refractivity contribution in [1.82, 2.24) is 5.32 Å². The van der Waals surface area contributed by atoms with Crippen molar-refractivity contribution in [2.75, 3.05) is 18.0 Å². The lowest BCUT2D eigenvalue weighted by atomic mass is 10.0. The Kier molecular flexibility index (Phi) is 3.82. The highest BCUT2D eigenvalue weighted by molar-refractivity contribution is 5.51. The van der Waals surface area contributed by atoms with Crippen molar-refractivity contribution >= 4 is 5.69 Å². The molecule has 21 heavy (non-hydrogen) atoms. The highest BCUT2D eigenvalue weighted by atomic mass is 19.4. The predicted molar refractivity (Wildman–Crippen MR) is 72.8 cm³/mol. The summed E-state index contributed by atoms with van der Waals surface area (Å²) in [5, 5.41) is 3.47. The fraction of sp³-hybridized carbons (Fsp3) is 0.600. The number of hydrogen-bond donors (Lipinski definition) is 1. The number of nitrogens with zero attached hydrogens (tertiary/aromatic N) is 1. The summed E-state index contributed by atoms with van der Waals surface area (Å²) in [6, 6.07) is 3.41. The minimum atomic E-state index is -4.44. The van der Waals surface area contributed by atoms with Gasteiger partial charge in [0.25, 0.3) is 0 Å². The van der Waals surface area contributed by atoms with Gasteiger partial charge in [0.1, 0.15) is 5.82 Å². The highest BCUT2D eigenvalue weighted by Gasteiger charge is 2.33. The number of alkyl halides is 3. The first-order valence-corrected chi connectivity index (χ1v) is 7.31. The van der Waals surface area contributed by atoms with E-state index in [1.54, 1.807) is 4.90 Å². The third kappa shape index (κ3) is 3.48. The Hall–Kier alpha value is -1.30. The van der Waals surface area contributed by atoms with Gasteiger partial charge in [-0.25, -0.2) is 4.39 Å². The number of anilines is 1. The van der Waals surface area contributed by atoms with Crippen LogP contribution in [0.25, 0.3) is 0 Å². The van der Waals surface area contributed by atoms with E-state index in [4.69, 9.17) is 0 Å². The molecule has 2 fully saturated rings. The minimum absolute atomic E-state index is 0.0621. The number of rotatable bonds is 3. The molecule has 1 heterocycles. The van der Waals surface area contributed by atoms with Crippen molar-refractivity contribution < 1.29 is 17.6 Å². The molecule has 1 atom stereocenters. The first-order valence-electron chi connectivity index (χ1n) is 7.31. The van der Waals surface area contributed by atoms with Gasteiger partial charge in [-0.3, -0.25) is 0 Å². The number of benzene rings is 1. The molecule has 1 saturated carbocycles. The van der Waals surface area contributed by atoms with Crippen LogP contribution in [-0.4, -0.2) is 25.2 Å². The molecule has 1 saturated heterocycles. The zero-order chi connectivity index (χ0) is 15.0. The molecular weight excluding hydrogens is 284 g/mol. The lowest BCUT2D eigenvalue weighted by Crippen LogP contribution is -2.46. The zero-order valence-electron chi connectivity index (χ0n) is 11.6. The Morgan fingerprint density at radius 1 is 1.10 bits per heavy atom. The van der Waals surface area contributed by atoms with Gasteiger partial charge in [0.05, 0.1) is 11.3 Å². The Morgan fingerprint density at radius 3 is 2.52 bits per heavy atom. The Bertz CT molecular complexity index is 511. The number of hydrogen-bond acceptors (Lipinski definition) is 2. The summed E-state index contributed by atoms with van der Waals surface area (Å²) in [5.74, 6) is -0.588. The molecule has 1 aromatic carbocycles. The van der Waals surface area contributed by atoms with Gasteiger partial charge in [-0.05, 0) is 43.9 Å². The van der Waals surface area contributed by atoms with Crippen LogP contribution in [0, 0.1) is 5.82 Å². The van der Waals surface area contributed by atoms with Gasteiger partial charge in [-0.15, -0.1) is 0 Å². The first kappa shape index (κ1) is 14.6. The zero-order valence-corrected chi connectivity index (χ0v) is 11.6. The van der Waals surface area contributed by atoms with Gasteiger partial charge in [-0.2, -0.15) is 13.2 Å². The molecule has 1 aromatic rings. The largest absolute Gasteiger partial charge is 0.416 e. The number of halogens is 4. The Balaban J connectivity index is 1.78. The summed E-state index contributed by atoms with van der Waals surface area (Å²) in [4.78, 5) is 1.73. The van der Waals surface area contributed by atoms with Crippen molar-refractivity contribution in [2.45, 2.75) is 43.9 Å². The summed E-state index contributed by atoms with van der Waals surface area (Å²) in [7, 11) is 0. The lowest BCUT2D eigenvalue weighted by Gasteiger charge is -2.35. The third-order valence-electron chi connectivity index (χ3n) is 4.08. The molecule has 6 heteroatoms. The summed E-state index contributed by atoms with van der Waals surface area (Å²) in [5.41, 5.74) is -0.733. The second-order valence-electron chi connectivity index (χ2n) is 5.89. The number of nitrogens with one attached hydrogen (secondary N) is 1. The average Bonchev–Trinajstić information content (AvgIpc) is 3.22. The summed E-state index contributed by atoms with van der Waals surface area (Å²) < 4.78 is 52.2. The van der Waals surface area contributed by atoms with Crippen LogP contribution in [0.1, 0.15) is 31.2 Å². The van der Waals surface area contributed by atoms with Crippen molar-refractivity contribution in [3.05, 3.63) is 29.6 Å². The molecule has 116 valence electrons. The number of piperidine rings is 1. The van der Waals surface area contributed by atoms with Crippen molar-refractivity contribution in [3.8, 4) is 0 Å². The van der Waals surface area contributed by atoms with E-state index >= 15 is 0 Å². The smallest absolute Gasteiger partial charge is 0.368 e. The summed E-state index contributed by atoms with van der Waals surface area (Å²) in [6.07, 6.45) is -0.263. The van der Waals surface area contributed by atoms with E-state index in [-0.39, 0.29) is 11.7 Å². The highest BCUT2D eigenvalue weighted by Crippen LogP contribution is 2.34. The van der Waals surface area contributed by atoms with Crippen LogP contribution >= 0.6 is 0 Å². The fourth-order valence-corrected chi connectivity index (χ4v) is 2.85. The molecule has 0 amide bonds. The normalized spacial score (nSPS) is 23.4. The molecule has 0 radical (unpaired) electrons. The Labute approximate surface area is 121 Å². The van der Waals surface area contributed by atoms with Crippen LogP contribution in [0.2, 0.25) is 0 Å². The van der Waals surface area contributed by atoms with E-state index in [0.717, 1.165) is 43.9 Å². The van der Waals surface area contributed by atoms with E-state index in [1.165, 1.54) is 0 Å². The van der Waals surface area contributed by atoms with E-state index in [2.05, 4.69) is 5.32 Å². The monoisotopic (exact) mass is 302 g/mol. The van der Waals surface area contributed by atoms with Crippen molar-refractivity contribution in [3.63, 3.8) is 0 Å². The Morgan fingerprint density at radius 2 is 1.86 bits per heavy atom. The first-order chi connectivity index (χ1) is 9.93. The molecule has 1 unspecified atom stereocenters. The molecule has 2 aliphatic rings. The molecule has 3 rings (SSSR count). The SMILES string of the molecule is Fc1ccc(C(F)(F)F)cc1N1CCCC(NC2CC2)C1. The van der Waals surface area contributed by atoms with Gasteiger partial charge in [-0.1, -0.05) is 0 Å². The maximum atomic E-state index is 13.9. The average molecular weight is 302 g/mol. The molecule has 0 aromatic heterocycles. The topological polar surface area (TPSA) is 15.3 Å². The standard InChI is InChI=1S/C15H18F4N2/c16-13-6-3-10(15(17,18)19)8-14(13)21-7-1-2-12(9-21)20-11-4-5-11/h3,6,8,11-12,20H,1-2,4-5,7,9H2. The summed E-state index contributed by atoms with van der Waals surface area (Å²) >= 11 is 0. The van der Waals surface area contributed by atoms with Gasteiger partial charge in [0.15, 0.2) is 0 Å². The van der Waals surface area contributed by atoms with Gasteiger partial charge < -0.3 is 10.2 Å². The molecular formula is C15H18F4N2. The van der Waals surface area contributed by atoms with Gasteiger partial charge >= 0.3 is 6.18 Å². The second-order valence-corrected chi connectivity index (χ2v) is 5.89. The quantitative estimate of drug-likeness (QED) is 0.859. The molecule has 0 bridgehead atoms. The third-order valence-corrected chi connectivity index (χ3v) is 4.08. The molecule has 1 aliphatic carbocycles. The van der Waals surface area contributed by atoms with E-state index in [9.17, 15) is 17.6 Å². The van der Waals surface area contributed by atoms with E-state index in [1.807, 2.05) is 0 Å². The molecule has 0 spiro atoms. The van der Waals surface area contributed by atoms with E-state index in [0.29, 0.717) is 19.1 Å². The lowest BCUT2D eigenvalue weighted by molar-refractivity contribution is -0.137. The second kappa shape index (κ2) is 5.48. The van der Waals surface area contributed by atoms with E-state index < -0.39 is 17.6 Å². The van der Waals surface area contributed by atoms with Crippen LogP contribution < -0.4 is 10.2 Å². The maximum absolute atomic E-state index is 13.9. The summed E-state index contributed by atoms with van der Waals surface area (Å²) in [6.45, 7) is 1.16. The van der Waals surface area contributed by atoms with Crippen LogP contribution in [0.15, 0.2) is 18.2 Å². The molecule has 1 N–H and O–H groups in total. The molecule has 2 nitrogen and oxygen atoms in total. The van der Waals surface area contributed by atoms with Crippen LogP contribution in [0.3, 0.4) is 0 Å². The maximum Gasteiger partial charge on any atom is 0.416 e. The van der Waals surface area contributed by atoms with Crippen LogP contribution in [0.4, 0.5) is 23.2 Å². The minimum Gasteiger partial charge on any atom is -0.368 e. The van der Waals surface area contributed by atoms with Gasteiger partial charge in [0, 0.05) is 25.2 Å². The molecule has 1 aliphatic heterocycles. The fourth-order valence-electron chi connectivity index (χ4n) is 2.85. The van der Waals surface area contributed by atoms with Crippen molar-refractivity contribution in [2.24, 2.45) is 0 Å². The predicted octanol–water partition coefficient (Wildman–Crippen LogP) is 3.57. The van der Waals surface area contributed by atoms with Crippen LogP contribution in [0.5, 0.6) is 0 Å². The van der Waals surface area contributed by atoms with Gasteiger partial charge in [0.2, 0.25) is 0 Å². The van der Waals surface area contributed by atoms with Crippen molar-refractivity contribution in [1.29, 1.82) is 0 Å².